The maximum Gasteiger partial charge on any atom is 0.256 e. The number of nitrogens with zero attached hydrogens (tertiary/aromatic N) is 1. The van der Waals surface area contributed by atoms with Crippen molar-refractivity contribution in [3.8, 4) is 0 Å². The molecule has 1 atom stereocenters. The summed E-state index contributed by atoms with van der Waals surface area (Å²) in [7, 11) is 0. The monoisotopic (exact) mass is 376 g/mol. The first-order valence-electron chi connectivity index (χ1n) is 7.17. The zero-order valence-corrected chi connectivity index (χ0v) is 13.7. The average Bonchev–Trinajstić information content (AvgIpc) is 2.55. The first-order chi connectivity index (χ1) is 11.1. The molecule has 118 valence electrons. The Bertz CT molecular complexity index is 766. The molecule has 0 bridgehead atoms. The van der Waals surface area contributed by atoms with Crippen LogP contribution >= 0.6 is 15.9 Å². The van der Waals surface area contributed by atoms with Gasteiger partial charge in [-0.2, -0.15) is 0 Å². The minimum absolute atomic E-state index is 0.199. The summed E-state index contributed by atoms with van der Waals surface area (Å²) >= 11 is 3.35. The fourth-order valence-corrected chi connectivity index (χ4v) is 3.14. The zero-order chi connectivity index (χ0) is 16.4. The van der Waals surface area contributed by atoms with Crippen LogP contribution in [-0.2, 0) is 4.79 Å². The predicted molar refractivity (Wildman–Crippen MR) is 87.3 cm³/mol. The number of rotatable bonds is 2. The van der Waals surface area contributed by atoms with Crippen LogP contribution in [0, 0.1) is 5.82 Å². The molecule has 4 nitrogen and oxygen atoms in total. The maximum absolute atomic E-state index is 14.1. The number of hydrogen-bond acceptors (Lipinski definition) is 2. The number of carbonyl (C=O) groups is 2. The summed E-state index contributed by atoms with van der Waals surface area (Å²) in [5.41, 5.74) is 0.647. The van der Waals surface area contributed by atoms with Gasteiger partial charge in [0, 0.05) is 23.1 Å². The number of hydrogen-bond donors (Lipinski definition) is 1. The van der Waals surface area contributed by atoms with Crippen molar-refractivity contribution in [3.63, 3.8) is 0 Å². The minimum Gasteiger partial charge on any atom is -0.352 e. The van der Waals surface area contributed by atoms with Gasteiger partial charge in [0.2, 0.25) is 5.91 Å². The Morgan fingerprint density at radius 1 is 1.17 bits per heavy atom. The normalized spacial score (nSPS) is 17.7. The maximum atomic E-state index is 14.1. The lowest BCUT2D eigenvalue weighted by molar-refractivity contribution is -0.128. The first kappa shape index (κ1) is 15.7. The summed E-state index contributed by atoms with van der Waals surface area (Å²) < 4.78 is 14.8. The Hall–Kier alpha value is -2.21. The largest absolute Gasteiger partial charge is 0.352 e. The van der Waals surface area contributed by atoms with Gasteiger partial charge in [-0.25, -0.2) is 4.39 Å². The molecule has 2 aromatic carbocycles. The summed E-state index contributed by atoms with van der Waals surface area (Å²) in [5.74, 6) is -1.18. The minimum atomic E-state index is -0.968. The highest BCUT2D eigenvalue weighted by molar-refractivity contribution is 9.10. The average molecular weight is 377 g/mol. The third-order valence-corrected chi connectivity index (χ3v) is 4.47. The van der Waals surface area contributed by atoms with Crippen molar-refractivity contribution in [3.05, 3.63) is 69.9 Å². The lowest BCUT2D eigenvalue weighted by Gasteiger charge is -2.35. The number of halogens is 2. The van der Waals surface area contributed by atoms with Gasteiger partial charge in [-0.1, -0.05) is 30.3 Å². The second-order valence-electron chi connectivity index (χ2n) is 5.19. The van der Waals surface area contributed by atoms with Crippen LogP contribution in [0.15, 0.2) is 53.0 Å². The highest BCUT2D eigenvalue weighted by atomic mass is 79.9. The van der Waals surface area contributed by atoms with Crippen molar-refractivity contribution in [2.45, 2.75) is 6.04 Å². The standard InChI is InChI=1S/C17H14BrFN2O2/c18-13-7-3-1-5-11(13)17(23)21-10-9-20-16(22)15(21)12-6-2-4-8-14(12)19/h1-8,15H,9-10H2,(H,20,22). The molecule has 0 radical (unpaired) electrons. The number of carbonyl (C=O) groups excluding carboxylic acids is 2. The van der Waals surface area contributed by atoms with E-state index in [4.69, 9.17) is 0 Å². The van der Waals surface area contributed by atoms with E-state index in [0.29, 0.717) is 23.1 Å². The van der Waals surface area contributed by atoms with Crippen molar-refractivity contribution in [1.29, 1.82) is 0 Å². The summed E-state index contributed by atoms with van der Waals surface area (Å²) in [6.07, 6.45) is 0. The van der Waals surface area contributed by atoms with Crippen LogP contribution in [0.3, 0.4) is 0 Å². The van der Waals surface area contributed by atoms with E-state index in [1.54, 1.807) is 36.4 Å². The Kier molecular flexibility index (Phi) is 4.43. The lowest BCUT2D eigenvalue weighted by atomic mass is 10.0. The van der Waals surface area contributed by atoms with Gasteiger partial charge in [-0.05, 0) is 34.1 Å². The van der Waals surface area contributed by atoms with Crippen molar-refractivity contribution in [2.24, 2.45) is 0 Å². The summed E-state index contributed by atoms with van der Waals surface area (Å²) in [5, 5.41) is 2.70. The molecule has 0 saturated carbocycles. The molecule has 1 unspecified atom stereocenters. The van der Waals surface area contributed by atoms with Gasteiger partial charge in [0.05, 0.1) is 5.56 Å². The fraction of sp³-hybridized carbons (Fsp3) is 0.176. The summed E-state index contributed by atoms with van der Waals surface area (Å²) in [6.45, 7) is 0.672. The summed E-state index contributed by atoms with van der Waals surface area (Å²) in [6, 6.07) is 12.1. The van der Waals surface area contributed by atoms with Crippen LogP contribution in [0.4, 0.5) is 4.39 Å². The quantitative estimate of drug-likeness (QED) is 0.875. The van der Waals surface area contributed by atoms with E-state index < -0.39 is 11.9 Å². The van der Waals surface area contributed by atoms with Crippen LogP contribution in [-0.4, -0.2) is 29.8 Å². The van der Waals surface area contributed by atoms with Crippen molar-refractivity contribution < 1.29 is 14.0 Å². The molecule has 3 rings (SSSR count). The molecule has 2 amide bonds. The van der Waals surface area contributed by atoms with Crippen LogP contribution < -0.4 is 5.32 Å². The Balaban J connectivity index is 2.02. The molecule has 2 aromatic rings. The van der Waals surface area contributed by atoms with E-state index in [2.05, 4.69) is 21.2 Å². The number of nitrogens with one attached hydrogen (secondary N) is 1. The Morgan fingerprint density at radius 3 is 2.61 bits per heavy atom. The van der Waals surface area contributed by atoms with Crippen LogP contribution in [0.1, 0.15) is 22.0 Å². The predicted octanol–water partition coefficient (Wildman–Crippen LogP) is 2.90. The van der Waals surface area contributed by atoms with Crippen molar-refractivity contribution in [1.82, 2.24) is 10.2 Å². The SMILES string of the molecule is O=C1NCCN(C(=O)c2ccccc2Br)C1c1ccccc1F. The molecule has 1 saturated heterocycles. The zero-order valence-electron chi connectivity index (χ0n) is 12.1. The molecule has 1 aliphatic rings. The van der Waals surface area contributed by atoms with Gasteiger partial charge in [-0.15, -0.1) is 0 Å². The molecule has 1 fully saturated rings. The first-order valence-corrected chi connectivity index (χ1v) is 7.96. The van der Waals surface area contributed by atoms with E-state index in [1.807, 2.05) is 0 Å². The van der Waals surface area contributed by atoms with Gasteiger partial charge in [0.1, 0.15) is 11.9 Å². The second-order valence-corrected chi connectivity index (χ2v) is 6.05. The molecule has 0 aromatic heterocycles. The van der Waals surface area contributed by atoms with Crippen LogP contribution in [0.2, 0.25) is 0 Å². The van der Waals surface area contributed by atoms with E-state index in [-0.39, 0.29) is 17.4 Å². The van der Waals surface area contributed by atoms with Gasteiger partial charge in [0.15, 0.2) is 0 Å². The molecule has 0 spiro atoms. The van der Waals surface area contributed by atoms with Crippen molar-refractivity contribution >= 4 is 27.7 Å². The van der Waals surface area contributed by atoms with Crippen LogP contribution in [0.25, 0.3) is 0 Å². The van der Waals surface area contributed by atoms with E-state index in [9.17, 15) is 14.0 Å². The highest BCUT2D eigenvalue weighted by Crippen LogP contribution is 2.28. The smallest absolute Gasteiger partial charge is 0.256 e. The topological polar surface area (TPSA) is 49.4 Å². The van der Waals surface area contributed by atoms with E-state index >= 15 is 0 Å². The third-order valence-electron chi connectivity index (χ3n) is 3.78. The number of piperazine rings is 1. The van der Waals surface area contributed by atoms with Crippen LogP contribution in [0.5, 0.6) is 0 Å². The molecule has 6 heteroatoms. The molecule has 1 aliphatic heterocycles. The third kappa shape index (κ3) is 2.99. The lowest BCUT2D eigenvalue weighted by Crippen LogP contribution is -2.52. The van der Waals surface area contributed by atoms with Crippen molar-refractivity contribution in [2.75, 3.05) is 13.1 Å². The Morgan fingerprint density at radius 2 is 1.87 bits per heavy atom. The Labute approximate surface area is 141 Å². The highest BCUT2D eigenvalue weighted by Gasteiger charge is 2.36. The molecule has 0 aliphatic carbocycles. The number of benzene rings is 2. The van der Waals surface area contributed by atoms with E-state index in [1.165, 1.54) is 17.0 Å². The summed E-state index contributed by atoms with van der Waals surface area (Å²) in [4.78, 5) is 26.6. The molecular weight excluding hydrogens is 363 g/mol. The van der Waals surface area contributed by atoms with Gasteiger partial charge in [0.25, 0.3) is 5.91 Å². The molecule has 1 heterocycles. The van der Waals surface area contributed by atoms with Gasteiger partial charge < -0.3 is 10.2 Å². The fourth-order valence-electron chi connectivity index (χ4n) is 2.68. The van der Waals surface area contributed by atoms with Gasteiger partial charge in [-0.3, -0.25) is 9.59 Å². The van der Waals surface area contributed by atoms with E-state index in [0.717, 1.165) is 0 Å². The van der Waals surface area contributed by atoms with Gasteiger partial charge >= 0.3 is 0 Å². The molecule has 23 heavy (non-hydrogen) atoms. The number of amides is 2. The molecular formula is C17H14BrFN2O2. The molecule has 1 N–H and O–H groups in total. The second kappa shape index (κ2) is 6.50.